The van der Waals surface area contributed by atoms with E-state index in [0.29, 0.717) is 11.2 Å². The van der Waals surface area contributed by atoms with Gasteiger partial charge in [0.15, 0.2) is 16.1 Å². The van der Waals surface area contributed by atoms with Crippen molar-refractivity contribution in [1.82, 2.24) is 24.7 Å². The molecule has 0 atom stereocenters. The van der Waals surface area contributed by atoms with E-state index in [-0.39, 0.29) is 11.7 Å². The number of benzene rings is 1. The number of hydrogen-bond donors (Lipinski definition) is 1. The van der Waals surface area contributed by atoms with Gasteiger partial charge >= 0.3 is 0 Å². The van der Waals surface area contributed by atoms with E-state index in [2.05, 4.69) is 49.1 Å². The van der Waals surface area contributed by atoms with E-state index in [0.717, 1.165) is 40.6 Å². The highest BCUT2D eigenvalue weighted by molar-refractivity contribution is 7.99. The number of aromatic nitrogens is 5. The van der Waals surface area contributed by atoms with Gasteiger partial charge in [0.1, 0.15) is 0 Å². The lowest BCUT2D eigenvalue weighted by atomic mass is 9.95. The van der Waals surface area contributed by atoms with Crippen molar-refractivity contribution >= 4 is 34.1 Å². The summed E-state index contributed by atoms with van der Waals surface area (Å²) in [7, 11) is 0. The summed E-state index contributed by atoms with van der Waals surface area (Å²) in [5.41, 5.74) is 4.11. The maximum absolute atomic E-state index is 12.7. The third kappa shape index (κ3) is 5.20. The Bertz CT molecular complexity index is 1250. The predicted molar refractivity (Wildman–Crippen MR) is 137 cm³/mol. The normalized spacial score (nSPS) is 14.3. The monoisotopic (exact) mass is 490 g/mol. The zero-order valence-electron chi connectivity index (χ0n) is 19.0. The van der Waals surface area contributed by atoms with Crippen LogP contribution in [0.4, 0.5) is 5.13 Å². The molecule has 7 nitrogen and oxygen atoms in total. The molecule has 3 heterocycles. The largest absolute Gasteiger partial charge is 0.301 e. The van der Waals surface area contributed by atoms with Crippen LogP contribution >= 0.6 is 23.1 Å². The molecule has 1 fully saturated rings. The SMILES string of the molecule is Cc1ccc(-c2csc(NC(=O)CSc3nnc(-c4ccncc4)n3C3CCCCC3)n2)cc1. The third-order valence-corrected chi connectivity index (χ3v) is 7.67. The molecular weight excluding hydrogens is 464 g/mol. The molecule has 1 N–H and O–H groups in total. The van der Waals surface area contributed by atoms with Gasteiger partial charge in [-0.1, -0.05) is 60.9 Å². The van der Waals surface area contributed by atoms with Crippen LogP contribution in [0.5, 0.6) is 0 Å². The fourth-order valence-corrected chi connectivity index (χ4v) is 5.76. The minimum Gasteiger partial charge on any atom is -0.301 e. The van der Waals surface area contributed by atoms with Gasteiger partial charge in [0.05, 0.1) is 11.4 Å². The first-order chi connectivity index (χ1) is 16.7. The number of nitrogens with one attached hydrogen (secondary N) is 1. The van der Waals surface area contributed by atoms with Crippen molar-refractivity contribution in [2.75, 3.05) is 11.1 Å². The van der Waals surface area contributed by atoms with Crippen molar-refractivity contribution in [3.63, 3.8) is 0 Å². The number of carbonyl (C=O) groups excluding carboxylic acids is 1. The number of nitrogens with zero attached hydrogens (tertiary/aromatic N) is 5. The molecule has 0 radical (unpaired) electrons. The summed E-state index contributed by atoms with van der Waals surface area (Å²) in [6, 6.07) is 12.5. The Morgan fingerprint density at radius 1 is 1.06 bits per heavy atom. The van der Waals surface area contributed by atoms with Crippen LogP contribution in [-0.2, 0) is 4.79 Å². The Balaban J connectivity index is 1.28. The number of rotatable bonds is 7. The van der Waals surface area contributed by atoms with E-state index in [1.165, 1.54) is 47.9 Å². The molecule has 0 unspecified atom stereocenters. The van der Waals surface area contributed by atoms with Crippen LogP contribution in [-0.4, -0.2) is 36.4 Å². The molecule has 0 aliphatic heterocycles. The second-order valence-electron chi connectivity index (χ2n) is 8.44. The van der Waals surface area contributed by atoms with Crippen LogP contribution in [0.25, 0.3) is 22.6 Å². The van der Waals surface area contributed by atoms with E-state index in [4.69, 9.17) is 0 Å². The minimum atomic E-state index is -0.0986. The first-order valence-corrected chi connectivity index (χ1v) is 13.3. The summed E-state index contributed by atoms with van der Waals surface area (Å²) < 4.78 is 2.23. The Morgan fingerprint density at radius 3 is 2.59 bits per heavy atom. The van der Waals surface area contributed by atoms with Crippen LogP contribution < -0.4 is 5.32 Å². The first kappa shape index (κ1) is 22.7. The van der Waals surface area contributed by atoms with Gasteiger partial charge in [0, 0.05) is 34.9 Å². The molecule has 1 aromatic carbocycles. The molecule has 1 aliphatic rings. The molecule has 0 saturated heterocycles. The fourth-order valence-electron chi connectivity index (χ4n) is 4.22. The predicted octanol–water partition coefficient (Wildman–Crippen LogP) is 6.01. The van der Waals surface area contributed by atoms with Crippen LogP contribution in [0.15, 0.2) is 59.3 Å². The fraction of sp³-hybridized carbons (Fsp3) is 0.320. The average molecular weight is 491 g/mol. The molecule has 1 aliphatic carbocycles. The van der Waals surface area contributed by atoms with E-state index >= 15 is 0 Å². The molecule has 3 aromatic heterocycles. The Kier molecular flexibility index (Phi) is 7.01. The van der Waals surface area contributed by atoms with Crippen LogP contribution in [0.3, 0.4) is 0 Å². The van der Waals surface area contributed by atoms with Crippen LogP contribution in [0, 0.1) is 6.92 Å². The zero-order chi connectivity index (χ0) is 23.3. The number of thiazole rings is 1. The van der Waals surface area contributed by atoms with Crippen molar-refractivity contribution in [3.05, 3.63) is 59.7 Å². The van der Waals surface area contributed by atoms with Gasteiger partial charge in [-0.05, 0) is 31.9 Å². The summed E-state index contributed by atoms with van der Waals surface area (Å²) >= 11 is 2.86. The highest BCUT2D eigenvalue weighted by Gasteiger charge is 2.24. The molecule has 0 spiro atoms. The van der Waals surface area contributed by atoms with E-state index in [1.807, 2.05) is 29.6 Å². The maximum Gasteiger partial charge on any atom is 0.236 e. The number of aryl methyl sites for hydroxylation is 1. The van der Waals surface area contributed by atoms with Crippen molar-refractivity contribution in [3.8, 4) is 22.6 Å². The van der Waals surface area contributed by atoms with Crippen molar-refractivity contribution in [2.45, 2.75) is 50.2 Å². The summed E-state index contributed by atoms with van der Waals surface area (Å²) in [4.78, 5) is 21.4. The van der Waals surface area contributed by atoms with Crippen LogP contribution in [0.1, 0.15) is 43.7 Å². The van der Waals surface area contributed by atoms with Crippen molar-refractivity contribution in [1.29, 1.82) is 0 Å². The number of thioether (sulfide) groups is 1. The topological polar surface area (TPSA) is 85.6 Å². The summed E-state index contributed by atoms with van der Waals surface area (Å²) in [6.45, 7) is 2.06. The number of hydrogen-bond acceptors (Lipinski definition) is 7. The van der Waals surface area contributed by atoms with Crippen molar-refractivity contribution < 1.29 is 4.79 Å². The molecule has 0 bridgehead atoms. The summed E-state index contributed by atoms with van der Waals surface area (Å²) in [5.74, 6) is 0.999. The lowest BCUT2D eigenvalue weighted by Crippen LogP contribution is -2.17. The molecule has 1 amide bonds. The molecule has 34 heavy (non-hydrogen) atoms. The van der Waals surface area contributed by atoms with Crippen LogP contribution in [0.2, 0.25) is 0 Å². The highest BCUT2D eigenvalue weighted by atomic mass is 32.2. The maximum atomic E-state index is 12.7. The molecule has 9 heteroatoms. The summed E-state index contributed by atoms with van der Waals surface area (Å²) in [6.07, 6.45) is 9.44. The lowest BCUT2D eigenvalue weighted by molar-refractivity contribution is -0.113. The van der Waals surface area contributed by atoms with Gasteiger partial charge < -0.3 is 5.32 Å². The first-order valence-electron chi connectivity index (χ1n) is 11.5. The highest BCUT2D eigenvalue weighted by Crippen LogP contribution is 2.35. The van der Waals surface area contributed by atoms with E-state index in [1.54, 1.807) is 12.4 Å². The van der Waals surface area contributed by atoms with Gasteiger partial charge in [0.2, 0.25) is 5.91 Å². The van der Waals surface area contributed by atoms with Gasteiger partial charge in [-0.3, -0.25) is 14.3 Å². The smallest absolute Gasteiger partial charge is 0.236 e. The number of pyridine rings is 1. The summed E-state index contributed by atoms with van der Waals surface area (Å²) in [5, 5.41) is 15.2. The third-order valence-electron chi connectivity index (χ3n) is 5.97. The molecular formula is C25H26N6OS2. The molecule has 4 aromatic rings. The lowest BCUT2D eigenvalue weighted by Gasteiger charge is -2.25. The molecule has 1 saturated carbocycles. The number of anilines is 1. The number of carbonyl (C=O) groups is 1. The number of amides is 1. The minimum absolute atomic E-state index is 0.0986. The Morgan fingerprint density at radius 2 is 1.82 bits per heavy atom. The second kappa shape index (κ2) is 10.5. The van der Waals surface area contributed by atoms with E-state index in [9.17, 15) is 4.79 Å². The Hall–Kier alpha value is -3.04. The quantitative estimate of drug-likeness (QED) is 0.319. The van der Waals surface area contributed by atoms with Gasteiger partial charge in [-0.2, -0.15) is 0 Å². The average Bonchev–Trinajstić information content (AvgIpc) is 3.51. The molecule has 174 valence electrons. The van der Waals surface area contributed by atoms with E-state index < -0.39 is 0 Å². The Labute approximate surface area is 207 Å². The van der Waals surface area contributed by atoms with Gasteiger partial charge in [0.25, 0.3) is 0 Å². The van der Waals surface area contributed by atoms with Gasteiger partial charge in [-0.15, -0.1) is 21.5 Å². The van der Waals surface area contributed by atoms with Gasteiger partial charge in [-0.25, -0.2) is 4.98 Å². The standard InChI is InChI=1S/C25H26N6OS2/c1-17-7-9-18(10-8-17)21-15-33-24(27-21)28-22(32)16-34-25-30-29-23(19-11-13-26-14-12-19)31(25)20-5-3-2-4-6-20/h7-15,20H,2-6,16H2,1H3,(H,27,28,32). The zero-order valence-corrected chi connectivity index (χ0v) is 20.6. The molecule has 5 rings (SSSR count). The van der Waals surface area contributed by atoms with Crippen molar-refractivity contribution in [2.24, 2.45) is 0 Å². The second-order valence-corrected chi connectivity index (χ2v) is 10.2.